The minimum Gasteiger partial charge on any atom is -0.478 e. The normalized spacial score (nSPS) is 9.64. The number of carbonyl (C=O) groups is 2. The molecule has 0 rings (SSSR count). The monoisotopic (exact) mass is 313 g/mol. The zero-order valence-corrected chi connectivity index (χ0v) is 14.3. The molecule has 0 amide bonds. The summed E-state index contributed by atoms with van der Waals surface area (Å²) < 4.78 is 5.11. The summed E-state index contributed by atoms with van der Waals surface area (Å²) >= 11 is 0. The van der Waals surface area contributed by atoms with Crippen molar-refractivity contribution in [3.8, 4) is 0 Å². The van der Waals surface area contributed by atoms with Crippen molar-refractivity contribution in [2.24, 2.45) is 0 Å². The van der Waals surface area contributed by atoms with E-state index in [0.717, 1.165) is 25.7 Å². The molecule has 0 aromatic rings. The molecule has 1 N–H and O–H groups in total. The summed E-state index contributed by atoms with van der Waals surface area (Å²) in [4.78, 5) is 22.8. The molecule has 0 heterocycles. The van der Waals surface area contributed by atoms with Crippen LogP contribution in [0.15, 0.2) is 24.8 Å². The smallest absolute Gasteiger partial charge is 0.333 e. The van der Waals surface area contributed by atoms with Crippen molar-refractivity contribution in [3.63, 3.8) is 0 Å². The Kier molecular flexibility index (Phi) is 16.2. The summed E-state index contributed by atoms with van der Waals surface area (Å²) in [7, 11) is 0. The van der Waals surface area contributed by atoms with Gasteiger partial charge in [0, 0.05) is 18.2 Å². The summed E-state index contributed by atoms with van der Waals surface area (Å²) in [6, 6.07) is 0. The number of esters is 1. The summed E-state index contributed by atoms with van der Waals surface area (Å²) in [6.07, 6.45) is 5.65. The second kappa shape index (κ2) is 15.8. The zero-order chi connectivity index (χ0) is 17.4. The lowest BCUT2D eigenvalue weighted by molar-refractivity contribution is -0.139. The van der Waals surface area contributed by atoms with Crippen LogP contribution in [0.4, 0.5) is 0 Å². The quantitative estimate of drug-likeness (QED) is 0.468. The number of hydrogen-bond donors (Lipinski definition) is 1. The molecule has 0 aliphatic heterocycles. The zero-order valence-electron chi connectivity index (χ0n) is 14.3. The highest BCUT2D eigenvalue weighted by Gasteiger charge is 2.06. The van der Waals surface area contributed by atoms with E-state index in [1.54, 1.807) is 6.92 Å². The fraction of sp³-hybridized carbons (Fsp3) is 0.647. The van der Waals surface area contributed by atoms with E-state index in [0.29, 0.717) is 12.2 Å². The van der Waals surface area contributed by atoms with Crippen molar-refractivity contribution in [2.75, 3.05) is 26.2 Å². The van der Waals surface area contributed by atoms with Gasteiger partial charge in [0.2, 0.25) is 0 Å². The van der Waals surface area contributed by atoms with Crippen LogP contribution < -0.4 is 0 Å². The highest BCUT2D eigenvalue weighted by Crippen LogP contribution is 2.00. The Bertz CT molecular complexity index is 332. The van der Waals surface area contributed by atoms with Gasteiger partial charge in [-0.3, -0.25) is 4.90 Å². The fourth-order valence-electron chi connectivity index (χ4n) is 1.49. The molecule has 128 valence electrons. The van der Waals surface area contributed by atoms with Gasteiger partial charge in [0.1, 0.15) is 6.61 Å². The van der Waals surface area contributed by atoms with Crippen LogP contribution in [0.3, 0.4) is 0 Å². The molecule has 22 heavy (non-hydrogen) atoms. The third-order valence-corrected chi connectivity index (χ3v) is 2.82. The van der Waals surface area contributed by atoms with Crippen LogP contribution in [-0.2, 0) is 14.3 Å². The highest BCUT2D eigenvalue weighted by atomic mass is 16.5. The summed E-state index contributed by atoms with van der Waals surface area (Å²) in [6.45, 7) is 16.1. The average molecular weight is 313 g/mol. The van der Waals surface area contributed by atoms with E-state index < -0.39 is 5.97 Å². The first-order chi connectivity index (χ1) is 10.4. The maximum Gasteiger partial charge on any atom is 0.333 e. The summed E-state index contributed by atoms with van der Waals surface area (Å²) in [5, 5.41) is 7.60. The van der Waals surface area contributed by atoms with Crippen molar-refractivity contribution >= 4 is 11.9 Å². The Balaban J connectivity index is 0. The second-order valence-electron chi connectivity index (χ2n) is 5.01. The Morgan fingerprint density at radius 2 is 1.59 bits per heavy atom. The number of carboxylic acid groups (broad SMARTS) is 1. The molecule has 0 saturated heterocycles. The Morgan fingerprint density at radius 3 is 1.91 bits per heavy atom. The average Bonchev–Trinajstić information content (AvgIpc) is 2.49. The topological polar surface area (TPSA) is 66.8 Å². The summed E-state index contributed by atoms with van der Waals surface area (Å²) in [5.41, 5.74) is 0.471. The van der Waals surface area contributed by atoms with Crippen molar-refractivity contribution in [3.05, 3.63) is 24.8 Å². The predicted octanol–water partition coefficient (Wildman–Crippen LogP) is 3.26. The number of carbonyl (C=O) groups excluding carboxylic acids is 1. The van der Waals surface area contributed by atoms with Gasteiger partial charge in [-0.25, -0.2) is 9.59 Å². The van der Waals surface area contributed by atoms with Gasteiger partial charge in [-0.05, 0) is 32.9 Å². The standard InChI is InChI=1S/C14H27NO2.C3H4O2/c1-5-7-9-15(10-8-6-2)11-12-17-14(16)13(3)4;1-2-3(4)5/h3,5-12H2,1-2,4H3;2H,1H2,(H,4,5). The Labute approximate surface area is 134 Å². The highest BCUT2D eigenvalue weighted by molar-refractivity contribution is 5.86. The molecule has 5 nitrogen and oxygen atoms in total. The van der Waals surface area contributed by atoms with E-state index in [4.69, 9.17) is 9.84 Å². The van der Waals surface area contributed by atoms with Gasteiger partial charge in [0.25, 0.3) is 0 Å². The lowest BCUT2D eigenvalue weighted by Crippen LogP contribution is -2.30. The minimum absolute atomic E-state index is 0.282. The van der Waals surface area contributed by atoms with E-state index in [1.165, 1.54) is 25.7 Å². The molecule has 0 radical (unpaired) electrons. The molecule has 0 aromatic carbocycles. The first kappa shape index (κ1) is 22.7. The number of ether oxygens (including phenoxy) is 1. The first-order valence-electron chi connectivity index (χ1n) is 7.79. The third kappa shape index (κ3) is 16.4. The van der Waals surface area contributed by atoms with Gasteiger partial charge in [-0.1, -0.05) is 39.8 Å². The lowest BCUT2D eigenvalue weighted by Gasteiger charge is -2.21. The molecular formula is C17H31NO4. The lowest BCUT2D eigenvalue weighted by atomic mass is 10.2. The van der Waals surface area contributed by atoms with E-state index in [1.807, 2.05) is 0 Å². The van der Waals surface area contributed by atoms with E-state index >= 15 is 0 Å². The number of aliphatic carboxylic acids is 1. The predicted molar refractivity (Wildman–Crippen MR) is 89.9 cm³/mol. The first-order valence-corrected chi connectivity index (χ1v) is 7.79. The van der Waals surface area contributed by atoms with Crippen LogP contribution in [0.25, 0.3) is 0 Å². The van der Waals surface area contributed by atoms with Gasteiger partial charge in [-0.2, -0.15) is 0 Å². The molecule has 5 heteroatoms. The maximum atomic E-state index is 11.2. The molecule has 0 saturated carbocycles. The number of rotatable bonds is 11. The molecule has 0 bridgehead atoms. The van der Waals surface area contributed by atoms with Gasteiger partial charge in [0.05, 0.1) is 0 Å². The van der Waals surface area contributed by atoms with Crippen LogP contribution in [-0.4, -0.2) is 48.2 Å². The molecule has 0 spiro atoms. The Hall–Kier alpha value is -1.62. The van der Waals surface area contributed by atoms with Crippen LogP contribution in [0, 0.1) is 0 Å². The molecule has 0 aliphatic rings. The third-order valence-electron chi connectivity index (χ3n) is 2.82. The van der Waals surface area contributed by atoms with E-state index in [2.05, 4.69) is 31.9 Å². The number of nitrogens with zero attached hydrogens (tertiary/aromatic N) is 1. The SMILES string of the molecule is C=C(C)C(=O)OCCN(CCCC)CCCC.C=CC(=O)O. The fourth-order valence-corrected chi connectivity index (χ4v) is 1.49. The van der Waals surface area contributed by atoms with Crippen LogP contribution in [0.1, 0.15) is 46.5 Å². The van der Waals surface area contributed by atoms with Gasteiger partial charge >= 0.3 is 11.9 Å². The van der Waals surface area contributed by atoms with Crippen LogP contribution in [0.5, 0.6) is 0 Å². The maximum absolute atomic E-state index is 11.2. The van der Waals surface area contributed by atoms with E-state index in [-0.39, 0.29) is 5.97 Å². The van der Waals surface area contributed by atoms with Crippen LogP contribution in [0.2, 0.25) is 0 Å². The van der Waals surface area contributed by atoms with Crippen molar-refractivity contribution < 1.29 is 19.4 Å². The largest absolute Gasteiger partial charge is 0.478 e. The number of carboxylic acids is 1. The molecule has 0 aliphatic carbocycles. The van der Waals surface area contributed by atoms with Gasteiger partial charge in [-0.15, -0.1) is 0 Å². The van der Waals surface area contributed by atoms with Crippen molar-refractivity contribution in [1.29, 1.82) is 0 Å². The number of hydrogen-bond acceptors (Lipinski definition) is 4. The summed E-state index contributed by atoms with van der Waals surface area (Å²) in [5.74, 6) is -1.26. The molecule has 0 aromatic heterocycles. The molecule has 0 unspecified atom stereocenters. The molecule has 0 fully saturated rings. The second-order valence-corrected chi connectivity index (χ2v) is 5.01. The minimum atomic E-state index is -0.981. The van der Waals surface area contributed by atoms with Crippen molar-refractivity contribution in [2.45, 2.75) is 46.5 Å². The van der Waals surface area contributed by atoms with Crippen molar-refractivity contribution in [1.82, 2.24) is 4.90 Å². The van der Waals surface area contributed by atoms with Gasteiger partial charge < -0.3 is 9.84 Å². The molecular weight excluding hydrogens is 282 g/mol. The van der Waals surface area contributed by atoms with E-state index in [9.17, 15) is 9.59 Å². The Morgan fingerprint density at radius 1 is 1.14 bits per heavy atom. The van der Waals surface area contributed by atoms with Gasteiger partial charge in [0.15, 0.2) is 0 Å². The van der Waals surface area contributed by atoms with Crippen LogP contribution >= 0.6 is 0 Å². The number of unbranched alkanes of at least 4 members (excludes halogenated alkanes) is 2. The molecule has 0 atom stereocenters.